The number of non-ortho nitro benzene ring substituents is 1. The second-order valence-corrected chi connectivity index (χ2v) is 5.55. The van der Waals surface area contributed by atoms with E-state index in [4.69, 9.17) is 14.2 Å². The number of nitro benzene ring substituents is 1. The van der Waals surface area contributed by atoms with Gasteiger partial charge in [0.05, 0.1) is 28.8 Å². The molecule has 0 aliphatic carbocycles. The molecule has 128 valence electrons. The van der Waals surface area contributed by atoms with E-state index in [2.05, 4.69) is 0 Å². The van der Waals surface area contributed by atoms with Gasteiger partial charge in [0.2, 0.25) is 0 Å². The smallest absolute Gasteiger partial charge is 0.274 e. The Morgan fingerprint density at radius 3 is 2.64 bits per heavy atom. The van der Waals surface area contributed by atoms with Gasteiger partial charge in [-0.1, -0.05) is 12.1 Å². The number of hydrogen-bond acceptors (Lipinski definition) is 6. The quantitative estimate of drug-likeness (QED) is 0.615. The Bertz CT molecular complexity index is 866. The van der Waals surface area contributed by atoms with Gasteiger partial charge in [-0.15, -0.1) is 0 Å². The molecule has 0 radical (unpaired) electrons. The Balaban J connectivity index is 1.81. The molecule has 0 saturated heterocycles. The SMILES string of the molecule is O=C(c1cc([N+](=O)[O-])cc2c1OCCO2)N1CCOc2ccccc21. The predicted molar refractivity (Wildman–Crippen MR) is 87.7 cm³/mol. The zero-order valence-electron chi connectivity index (χ0n) is 13.1. The normalized spacial score (nSPS) is 15.1. The maximum atomic E-state index is 13.1. The van der Waals surface area contributed by atoms with Crippen molar-refractivity contribution in [1.82, 2.24) is 0 Å². The molecule has 2 aliphatic rings. The molecule has 0 bridgehead atoms. The van der Waals surface area contributed by atoms with Crippen LogP contribution in [-0.4, -0.2) is 37.2 Å². The lowest BCUT2D eigenvalue weighted by Crippen LogP contribution is -2.38. The molecule has 2 heterocycles. The van der Waals surface area contributed by atoms with Crippen LogP contribution in [0.4, 0.5) is 11.4 Å². The molecule has 4 rings (SSSR count). The number of fused-ring (bicyclic) bond motifs is 2. The van der Waals surface area contributed by atoms with E-state index in [9.17, 15) is 14.9 Å². The van der Waals surface area contributed by atoms with Crippen LogP contribution in [0, 0.1) is 10.1 Å². The van der Waals surface area contributed by atoms with Crippen LogP contribution in [0.25, 0.3) is 0 Å². The third-order valence-electron chi connectivity index (χ3n) is 4.04. The lowest BCUT2D eigenvalue weighted by Gasteiger charge is -2.30. The number of nitrogens with zero attached hydrogens (tertiary/aromatic N) is 2. The molecule has 0 atom stereocenters. The van der Waals surface area contributed by atoms with Gasteiger partial charge < -0.3 is 19.1 Å². The summed E-state index contributed by atoms with van der Waals surface area (Å²) in [5.74, 6) is 0.663. The van der Waals surface area contributed by atoms with Gasteiger partial charge in [0.15, 0.2) is 11.5 Å². The van der Waals surface area contributed by atoms with Crippen LogP contribution in [0.3, 0.4) is 0 Å². The topological polar surface area (TPSA) is 91.1 Å². The Labute approximate surface area is 142 Å². The first-order valence-corrected chi connectivity index (χ1v) is 7.77. The maximum absolute atomic E-state index is 13.1. The summed E-state index contributed by atoms with van der Waals surface area (Å²) >= 11 is 0. The fourth-order valence-corrected chi connectivity index (χ4v) is 2.93. The number of rotatable bonds is 2. The molecular weight excluding hydrogens is 328 g/mol. The van der Waals surface area contributed by atoms with E-state index in [1.807, 2.05) is 6.07 Å². The zero-order chi connectivity index (χ0) is 17.4. The van der Waals surface area contributed by atoms with Crippen molar-refractivity contribution in [2.75, 3.05) is 31.3 Å². The molecule has 0 aromatic heterocycles. The summed E-state index contributed by atoms with van der Waals surface area (Å²) in [5, 5.41) is 11.2. The minimum absolute atomic E-state index is 0.112. The molecule has 8 heteroatoms. The second-order valence-electron chi connectivity index (χ2n) is 5.55. The van der Waals surface area contributed by atoms with Crippen LogP contribution in [0.5, 0.6) is 17.2 Å². The Hall–Kier alpha value is -3.29. The highest BCUT2D eigenvalue weighted by atomic mass is 16.6. The maximum Gasteiger partial charge on any atom is 0.274 e. The van der Waals surface area contributed by atoms with Crippen molar-refractivity contribution in [2.24, 2.45) is 0 Å². The Kier molecular flexibility index (Phi) is 3.64. The fourth-order valence-electron chi connectivity index (χ4n) is 2.93. The molecule has 0 unspecified atom stereocenters. The summed E-state index contributed by atoms with van der Waals surface area (Å²) in [4.78, 5) is 25.3. The average Bonchev–Trinajstić information content (AvgIpc) is 2.66. The minimum Gasteiger partial charge on any atom is -0.490 e. The first-order chi connectivity index (χ1) is 12.1. The van der Waals surface area contributed by atoms with Crippen LogP contribution in [-0.2, 0) is 0 Å². The van der Waals surface area contributed by atoms with Crippen molar-refractivity contribution in [3.05, 3.63) is 52.1 Å². The molecule has 2 aromatic rings. The van der Waals surface area contributed by atoms with E-state index in [-0.39, 0.29) is 41.9 Å². The van der Waals surface area contributed by atoms with Gasteiger partial charge in [-0.2, -0.15) is 0 Å². The van der Waals surface area contributed by atoms with Crippen molar-refractivity contribution in [1.29, 1.82) is 0 Å². The molecule has 2 aromatic carbocycles. The third kappa shape index (κ3) is 2.61. The number of hydrogen-bond donors (Lipinski definition) is 0. The number of anilines is 1. The molecule has 25 heavy (non-hydrogen) atoms. The van der Waals surface area contributed by atoms with Crippen LogP contribution in [0.15, 0.2) is 36.4 Å². The molecule has 0 saturated carbocycles. The van der Waals surface area contributed by atoms with E-state index >= 15 is 0 Å². The highest BCUT2D eigenvalue weighted by Gasteiger charge is 2.31. The summed E-state index contributed by atoms with van der Waals surface area (Å²) in [7, 11) is 0. The van der Waals surface area contributed by atoms with Crippen molar-refractivity contribution in [3.8, 4) is 17.2 Å². The molecule has 0 spiro atoms. The molecule has 8 nitrogen and oxygen atoms in total. The first kappa shape index (κ1) is 15.3. The molecule has 0 N–H and O–H groups in total. The number of amides is 1. The van der Waals surface area contributed by atoms with Crippen molar-refractivity contribution >= 4 is 17.3 Å². The summed E-state index contributed by atoms with van der Waals surface area (Å²) < 4.78 is 16.6. The van der Waals surface area contributed by atoms with Gasteiger partial charge in [-0.25, -0.2) is 0 Å². The number of ether oxygens (including phenoxy) is 3. The summed E-state index contributed by atoms with van der Waals surface area (Å²) in [6.07, 6.45) is 0. The average molecular weight is 342 g/mol. The number of carbonyl (C=O) groups excluding carboxylic acids is 1. The van der Waals surface area contributed by atoms with Crippen molar-refractivity contribution in [3.63, 3.8) is 0 Å². The zero-order valence-corrected chi connectivity index (χ0v) is 13.1. The van der Waals surface area contributed by atoms with E-state index in [1.165, 1.54) is 17.0 Å². The third-order valence-corrected chi connectivity index (χ3v) is 4.04. The number of carbonyl (C=O) groups is 1. The number of nitro groups is 1. The molecular formula is C17H14N2O6. The second kappa shape index (κ2) is 5.97. The van der Waals surface area contributed by atoms with E-state index in [0.29, 0.717) is 24.6 Å². The largest absolute Gasteiger partial charge is 0.490 e. The van der Waals surface area contributed by atoms with Crippen molar-refractivity contribution in [2.45, 2.75) is 0 Å². The molecule has 0 fully saturated rings. The lowest BCUT2D eigenvalue weighted by atomic mass is 10.1. The minimum atomic E-state index is -0.553. The van der Waals surface area contributed by atoms with Gasteiger partial charge in [-0.05, 0) is 12.1 Å². The summed E-state index contributed by atoms with van der Waals surface area (Å²) in [5.41, 5.74) is 0.519. The van der Waals surface area contributed by atoms with Gasteiger partial charge >= 0.3 is 0 Å². The number of benzene rings is 2. The highest BCUT2D eigenvalue weighted by Crippen LogP contribution is 2.40. The van der Waals surface area contributed by atoms with E-state index < -0.39 is 4.92 Å². The van der Waals surface area contributed by atoms with Crippen LogP contribution in [0.2, 0.25) is 0 Å². The lowest BCUT2D eigenvalue weighted by molar-refractivity contribution is -0.385. The van der Waals surface area contributed by atoms with E-state index in [1.54, 1.807) is 18.2 Å². The summed E-state index contributed by atoms with van der Waals surface area (Å²) in [6.45, 7) is 1.25. The first-order valence-electron chi connectivity index (χ1n) is 7.77. The Morgan fingerprint density at radius 1 is 1.04 bits per heavy atom. The van der Waals surface area contributed by atoms with Crippen LogP contribution < -0.4 is 19.1 Å². The number of para-hydroxylation sites is 2. The standard InChI is InChI=1S/C17H14N2O6/c20-17(18-5-6-23-14-4-2-1-3-13(14)18)12-9-11(19(21)22)10-15-16(12)25-8-7-24-15/h1-4,9-10H,5-8H2. The predicted octanol–water partition coefficient (Wildman–Crippen LogP) is 2.41. The fraction of sp³-hybridized carbons (Fsp3) is 0.235. The van der Waals surface area contributed by atoms with Gasteiger partial charge in [0.25, 0.3) is 11.6 Å². The van der Waals surface area contributed by atoms with E-state index in [0.717, 1.165) is 0 Å². The van der Waals surface area contributed by atoms with Crippen molar-refractivity contribution < 1.29 is 23.9 Å². The monoisotopic (exact) mass is 342 g/mol. The Morgan fingerprint density at radius 2 is 1.80 bits per heavy atom. The van der Waals surface area contributed by atoms with Crippen LogP contribution in [0.1, 0.15) is 10.4 Å². The van der Waals surface area contributed by atoms with Gasteiger partial charge in [0.1, 0.15) is 25.6 Å². The van der Waals surface area contributed by atoms with Gasteiger partial charge in [-0.3, -0.25) is 14.9 Å². The van der Waals surface area contributed by atoms with Crippen LogP contribution >= 0.6 is 0 Å². The summed E-state index contributed by atoms with van der Waals surface area (Å²) in [6, 6.07) is 9.67. The molecule has 1 amide bonds. The molecule has 2 aliphatic heterocycles. The highest BCUT2D eigenvalue weighted by molar-refractivity contribution is 6.09. The van der Waals surface area contributed by atoms with Gasteiger partial charge in [0, 0.05) is 6.07 Å².